The highest BCUT2D eigenvalue weighted by Gasteiger charge is 2.11. The predicted molar refractivity (Wildman–Crippen MR) is 99.5 cm³/mol. The molecule has 8 heteroatoms. The minimum atomic E-state index is -0.763. The van der Waals surface area contributed by atoms with Crippen LogP contribution in [-0.4, -0.2) is 16.0 Å². The molecule has 0 atom stereocenters. The van der Waals surface area contributed by atoms with Gasteiger partial charge in [-0.2, -0.15) is 4.98 Å². The first-order valence-electron chi connectivity index (χ1n) is 8.18. The quantitative estimate of drug-likeness (QED) is 0.581. The van der Waals surface area contributed by atoms with E-state index in [-0.39, 0.29) is 18.4 Å². The van der Waals surface area contributed by atoms with Crippen LogP contribution in [0.1, 0.15) is 11.1 Å². The maximum Gasteiger partial charge on any atom is 0.320 e. The topological polar surface area (TPSA) is 102 Å². The van der Waals surface area contributed by atoms with Crippen molar-refractivity contribution in [3.8, 4) is 6.01 Å². The standard InChI is InChI=1S/C19H18FN5O2/c20-16-11-23-19(27-12-14-7-4-8-15(21)9-14)25-17(16)24-18(26)22-10-13-5-2-1-3-6-13/h1-9,11H,10,12,21H2,(H2,22,23,24,25,26). The third-order valence-electron chi connectivity index (χ3n) is 3.57. The van der Waals surface area contributed by atoms with E-state index < -0.39 is 11.8 Å². The lowest BCUT2D eigenvalue weighted by molar-refractivity contribution is 0.251. The lowest BCUT2D eigenvalue weighted by Gasteiger charge is -2.09. The van der Waals surface area contributed by atoms with E-state index in [0.29, 0.717) is 12.2 Å². The molecular weight excluding hydrogens is 349 g/mol. The molecule has 0 spiro atoms. The summed E-state index contributed by atoms with van der Waals surface area (Å²) in [4.78, 5) is 19.6. The normalized spacial score (nSPS) is 10.3. The van der Waals surface area contributed by atoms with Crippen LogP contribution >= 0.6 is 0 Å². The molecule has 2 aromatic carbocycles. The lowest BCUT2D eigenvalue weighted by atomic mass is 10.2. The Balaban J connectivity index is 1.58. The third-order valence-corrected chi connectivity index (χ3v) is 3.57. The molecule has 0 fully saturated rings. The number of nitrogens with zero attached hydrogens (tertiary/aromatic N) is 2. The van der Waals surface area contributed by atoms with Gasteiger partial charge in [-0.1, -0.05) is 42.5 Å². The van der Waals surface area contributed by atoms with Gasteiger partial charge in [0, 0.05) is 12.2 Å². The number of amides is 2. The van der Waals surface area contributed by atoms with E-state index in [4.69, 9.17) is 10.5 Å². The Labute approximate surface area is 155 Å². The average molecular weight is 367 g/mol. The number of hydrogen-bond acceptors (Lipinski definition) is 5. The van der Waals surface area contributed by atoms with Crippen LogP contribution in [-0.2, 0) is 13.2 Å². The Morgan fingerprint density at radius 1 is 1.11 bits per heavy atom. The Morgan fingerprint density at radius 2 is 1.89 bits per heavy atom. The minimum Gasteiger partial charge on any atom is -0.459 e. The van der Waals surface area contributed by atoms with Crippen LogP contribution in [0.15, 0.2) is 60.8 Å². The fourth-order valence-corrected chi connectivity index (χ4v) is 2.27. The van der Waals surface area contributed by atoms with Crippen LogP contribution in [0.4, 0.5) is 20.7 Å². The number of rotatable bonds is 6. The van der Waals surface area contributed by atoms with Crippen molar-refractivity contribution < 1.29 is 13.9 Å². The molecule has 0 aliphatic carbocycles. The summed E-state index contributed by atoms with van der Waals surface area (Å²) < 4.78 is 19.3. The Bertz CT molecular complexity index is 921. The van der Waals surface area contributed by atoms with Gasteiger partial charge in [-0.05, 0) is 23.3 Å². The second-order valence-corrected chi connectivity index (χ2v) is 5.68. The fourth-order valence-electron chi connectivity index (χ4n) is 2.27. The van der Waals surface area contributed by atoms with Gasteiger partial charge < -0.3 is 15.8 Å². The van der Waals surface area contributed by atoms with Crippen LogP contribution in [0.5, 0.6) is 6.01 Å². The van der Waals surface area contributed by atoms with E-state index in [1.54, 1.807) is 18.2 Å². The van der Waals surface area contributed by atoms with Crippen molar-refractivity contribution in [2.24, 2.45) is 0 Å². The summed E-state index contributed by atoms with van der Waals surface area (Å²) in [5.41, 5.74) is 8.05. The lowest BCUT2D eigenvalue weighted by Crippen LogP contribution is -2.29. The molecule has 2 amide bonds. The molecule has 0 unspecified atom stereocenters. The summed E-state index contributed by atoms with van der Waals surface area (Å²) >= 11 is 0. The number of halogens is 1. The van der Waals surface area contributed by atoms with Crippen LogP contribution in [0, 0.1) is 5.82 Å². The number of nitrogens with one attached hydrogen (secondary N) is 2. The number of nitrogen functional groups attached to an aromatic ring is 1. The molecule has 0 radical (unpaired) electrons. The van der Waals surface area contributed by atoms with Crippen LogP contribution in [0.3, 0.4) is 0 Å². The summed E-state index contributed by atoms with van der Waals surface area (Å²) in [5, 5.41) is 4.98. The number of carbonyl (C=O) groups is 1. The molecule has 0 saturated heterocycles. The summed E-state index contributed by atoms with van der Waals surface area (Å²) in [7, 11) is 0. The number of urea groups is 1. The highest BCUT2D eigenvalue weighted by Crippen LogP contribution is 2.15. The first kappa shape index (κ1) is 18.1. The van der Waals surface area contributed by atoms with E-state index in [2.05, 4.69) is 20.6 Å². The van der Waals surface area contributed by atoms with Crippen molar-refractivity contribution in [3.05, 3.63) is 77.7 Å². The SMILES string of the molecule is Nc1cccc(COc2ncc(F)c(NC(=O)NCc3ccccc3)n2)c1. The van der Waals surface area contributed by atoms with Gasteiger partial charge in [0.25, 0.3) is 0 Å². The van der Waals surface area contributed by atoms with Crippen molar-refractivity contribution in [2.75, 3.05) is 11.1 Å². The molecule has 27 heavy (non-hydrogen) atoms. The zero-order valence-corrected chi connectivity index (χ0v) is 14.4. The van der Waals surface area contributed by atoms with Gasteiger partial charge >= 0.3 is 12.0 Å². The Morgan fingerprint density at radius 3 is 2.67 bits per heavy atom. The monoisotopic (exact) mass is 367 g/mol. The van der Waals surface area contributed by atoms with Crippen molar-refractivity contribution in [1.82, 2.24) is 15.3 Å². The zero-order valence-electron chi connectivity index (χ0n) is 14.4. The number of benzene rings is 2. The number of nitrogens with two attached hydrogens (primary N) is 1. The second-order valence-electron chi connectivity index (χ2n) is 5.68. The molecule has 4 N–H and O–H groups in total. The number of aromatic nitrogens is 2. The molecular formula is C19H18FN5O2. The molecule has 1 heterocycles. The second kappa shape index (κ2) is 8.61. The van der Waals surface area contributed by atoms with Crippen molar-refractivity contribution in [2.45, 2.75) is 13.2 Å². The van der Waals surface area contributed by atoms with E-state index >= 15 is 0 Å². The summed E-state index contributed by atoms with van der Waals surface area (Å²) in [6, 6.07) is 15.8. The van der Waals surface area contributed by atoms with Crippen molar-refractivity contribution >= 4 is 17.5 Å². The smallest absolute Gasteiger partial charge is 0.320 e. The van der Waals surface area contributed by atoms with Crippen molar-refractivity contribution in [3.63, 3.8) is 0 Å². The van der Waals surface area contributed by atoms with Gasteiger partial charge in [0.15, 0.2) is 11.6 Å². The van der Waals surface area contributed by atoms with E-state index in [1.165, 1.54) is 0 Å². The molecule has 0 aliphatic rings. The van der Waals surface area contributed by atoms with E-state index in [9.17, 15) is 9.18 Å². The first-order valence-corrected chi connectivity index (χ1v) is 8.18. The number of hydrogen-bond donors (Lipinski definition) is 3. The average Bonchev–Trinajstić information content (AvgIpc) is 2.68. The number of carbonyl (C=O) groups excluding carboxylic acids is 1. The van der Waals surface area contributed by atoms with Crippen molar-refractivity contribution in [1.29, 1.82) is 0 Å². The summed E-state index contributed by atoms with van der Waals surface area (Å²) in [6.07, 6.45) is 0.939. The molecule has 1 aromatic heterocycles. The number of anilines is 2. The largest absolute Gasteiger partial charge is 0.459 e. The first-order chi connectivity index (χ1) is 13.1. The predicted octanol–water partition coefficient (Wildman–Crippen LogP) is 3.10. The summed E-state index contributed by atoms with van der Waals surface area (Å²) in [5.74, 6) is -1.03. The van der Waals surface area contributed by atoms with E-state index in [1.807, 2.05) is 36.4 Å². The molecule has 138 valence electrons. The maximum atomic E-state index is 13.9. The van der Waals surface area contributed by atoms with Gasteiger partial charge in [0.2, 0.25) is 0 Å². The third kappa shape index (κ3) is 5.40. The maximum absolute atomic E-state index is 13.9. The molecule has 0 saturated carbocycles. The fraction of sp³-hybridized carbons (Fsp3) is 0.105. The van der Waals surface area contributed by atoms with Crippen LogP contribution < -0.4 is 21.1 Å². The molecule has 7 nitrogen and oxygen atoms in total. The highest BCUT2D eigenvalue weighted by atomic mass is 19.1. The van der Waals surface area contributed by atoms with E-state index in [0.717, 1.165) is 17.3 Å². The summed E-state index contributed by atoms with van der Waals surface area (Å²) in [6.45, 7) is 0.467. The van der Waals surface area contributed by atoms with Gasteiger partial charge in [-0.3, -0.25) is 5.32 Å². The van der Waals surface area contributed by atoms with Crippen LogP contribution in [0.2, 0.25) is 0 Å². The van der Waals surface area contributed by atoms with Gasteiger partial charge in [0.05, 0.1) is 6.20 Å². The Kier molecular flexibility index (Phi) is 5.78. The Hall–Kier alpha value is -3.68. The molecule has 3 rings (SSSR count). The zero-order chi connectivity index (χ0) is 19.1. The van der Waals surface area contributed by atoms with Gasteiger partial charge in [-0.25, -0.2) is 14.2 Å². The molecule has 0 aliphatic heterocycles. The minimum absolute atomic E-state index is 0.0582. The van der Waals surface area contributed by atoms with Gasteiger partial charge in [-0.15, -0.1) is 0 Å². The molecule has 3 aromatic rings. The van der Waals surface area contributed by atoms with Crippen LogP contribution in [0.25, 0.3) is 0 Å². The number of ether oxygens (including phenoxy) is 1. The highest BCUT2D eigenvalue weighted by molar-refractivity contribution is 5.88. The van der Waals surface area contributed by atoms with Gasteiger partial charge in [0.1, 0.15) is 6.61 Å². The molecule has 0 bridgehead atoms.